The lowest BCUT2D eigenvalue weighted by Crippen LogP contribution is -2.50. The third kappa shape index (κ3) is 6.39. The number of carbonyl (C=O) groups is 1. The van der Waals surface area contributed by atoms with E-state index in [1.54, 1.807) is 0 Å². The van der Waals surface area contributed by atoms with Crippen molar-refractivity contribution in [2.45, 2.75) is 39.7 Å². The van der Waals surface area contributed by atoms with Crippen molar-refractivity contribution in [3.8, 4) is 0 Å². The summed E-state index contributed by atoms with van der Waals surface area (Å²) < 4.78 is 0. The van der Waals surface area contributed by atoms with Crippen molar-refractivity contribution < 1.29 is 9.90 Å². The maximum atomic E-state index is 12.5. The number of anilines is 1. The van der Waals surface area contributed by atoms with Gasteiger partial charge in [-0.05, 0) is 55.9 Å². The van der Waals surface area contributed by atoms with Crippen LogP contribution in [0.15, 0.2) is 42.5 Å². The second kappa shape index (κ2) is 10.7. The first-order valence-corrected chi connectivity index (χ1v) is 11.0. The number of nitrogens with one attached hydrogen (secondary N) is 1. The van der Waals surface area contributed by atoms with E-state index in [1.807, 2.05) is 32.0 Å². The van der Waals surface area contributed by atoms with E-state index in [2.05, 4.69) is 46.3 Å². The number of benzene rings is 2. The smallest absolute Gasteiger partial charge is 0.238 e. The lowest BCUT2D eigenvalue weighted by Gasteiger charge is -2.35. The van der Waals surface area contributed by atoms with Gasteiger partial charge >= 0.3 is 0 Å². The Balaban J connectivity index is 1.38. The highest BCUT2D eigenvalue weighted by atomic mass is 16.3. The largest absolute Gasteiger partial charge is 0.392 e. The Morgan fingerprint density at radius 3 is 2.20 bits per heavy atom. The van der Waals surface area contributed by atoms with Gasteiger partial charge in [-0.15, -0.1) is 0 Å². The van der Waals surface area contributed by atoms with E-state index in [1.165, 1.54) is 11.1 Å². The van der Waals surface area contributed by atoms with Crippen LogP contribution in [0.25, 0.3) is 0 Å². The first-order chi connectivity index (χ1) is 14.4. The van der Waals surface area contributed by atoms with E-state index < -0.39 is 0 Å². The van der Waals surface area contributed by atoms with Gasteiger partial charge in [-0.25, -0.2) is 0 Å². The number of rotatable bonds is 8. The minimum atomic E-state index is -0.316. The van der Waals surface area contributed by atoms with Crippen molar-refractivity contribution in [1.82, 2.24) is 9.80 Å². The van der Waals surface area contributed by atoms with Crippen LogP contribution in [0.1, 0.15) is 28.7 Å². The van der Waals surface area contributed by atoms with Crippen LogP contribution in [0.4, 0.5) is 5.69 Å². The number of piperazine rings is 1. The fraction of sp³-hybridized carbons (Fsp3) is 0.480. The van der Waals surface area contributed by atoms with Gasteiger partial charge in [-0.1, -0.05) is 42.5 Å². The fourth-order valence-electron chi connectivity index (χ4n) is 4.13. The molecule has 0 spiro atoms. The van der Waals surface area contributed by atoms with E-state index in [0.717, 1.165) is 55.8 Å². The van der Waals surface area contributed by atoms with Crippen LogP contribution in [-0.4, -0.2) is 66.2 Å². The highest BCUT2D eigenvalue weighted by Gasteiger charge is 2.21. The first kappa shape index (κ1) is 22.5. The van der Waals surface area contributed by atoms with Gasteiger partial charge in [0.05, 0.1) is 12.6 Å². The Morgan fingerprint density at radius 2 is 1.53 bits per heavy atom. The van der Waals surface area contributed by atoms with Crippen molar-refractivity contribution >= 4 is 11.6 Å². The van der Waals surface area contributed by atoms with Crippen LogP contribution in [0.2, 0.25) is 0 Å². The quantitative estimate of drug-likeness (QED) is 0.703. The van der Waals surface area contributed by atoms with Gasteiger partial charge in [-0.3, -0.25) is 14.6 Å². The summed E-state index contributed by atoms with van der Waals surface area (Å²) >= 11 is 0. The van der Waals surface area contributed by atoms with Gasteiger partial charge in [0, 0.05) is 38.4 Å². The number of amides is 1. The molecule has 1 aliphatic rings. The molecular weight excluding hydrogens is 374 g/mol. The molecule has 30 heavy (non-hydrogen) atoms. The molecule has 1 unspecified atom stereocenters. The number of aliphatic hydroxyl groups excluding tert-OH is 1. The van der Waals surface area contributed by atoms with E-state index in [0.29, 0.717) is 13.1 Å². The number of aliphatic hydroxyl groups is 1. The molecule has 1 heterocycles. The van der Waals surface area contributed by atoms with E-state index in [9.17, 15) is 9.90 Å². The predicted molar refractivity (Wildman–Crippen MR) is 123 cm³/mol. The standard InChI is InChI=1S/C25H35N3O2/c1-19-7-4-5-10-22(19)11-12-23(29)17-27-13-15-28(16-14-27)18-24(30)26-25-20(2)8-6-9-21(25)3/h4-10,23,29H,11-18H2,1-3H3,(H,26,30). The van der Waals surface area contributed by atoms with E-state index in [-0.39, 0.29) is 12.0 Å². The summed E-state index contributed by atoms with van der Waals surface area (Å²) in [5, 5.41) is 13.5. The van der Waals surface area contributed by atoms with Crippen LogP contribution in [0, 0.1) is 20.8 Å². The minimum Gasteiger partial charge on any atom is -0.392 e. The molecule has 0 saturated carbocycles. The Hall–Kier alpha value is -2.21. The molecule has 5 heteroatoms. The molecule has 2 N–H and O–H groups in total. The van der Waals surface area contributed by atoms with Crippen LogP contribution in [0.3, 0.4) is 0 Å². The Morgan fingerprint density at radius 1 is 0.933 bits per heavy atom. The Kier molecular flexibility index (Phi) is 8.02. The zero-order valence-corrected chi connectivity index (χ0v) is 18.5. The normalized spacial score (nSPS) is 16.4. The van der Waals surface area contributed by atoms with Crippen molar-refractivity contribution in [1.29, 1.82) is 0 Å². The summed E-state index contributed by atoms with van der Waals surface area (Å²) in [6.45, 7) is 10.8. The van der Waals surface area contributed by atoms with Crippen molar-refractivity contribution in [3.05, 3.63) is 64.7 Å². The number of carbonyl (C=O) groups excluding carboxylic acids is 1. The molecule has 1 amide bonds. The Labute approximate surface area is 180 Å². The predicted octanol–water partition coefficient (Wildman–Crippen LogP) is 3.16. The first-order valence-electron chi connectivity index (χ1n) is 11.0. The van der Waals surface area contributed by atoms with Crippen molar-refractivity contribution in [2.24, 2.45) is 0 Å². The molecule has 1 saturated heterocycles. The van der Waals surface area contributed by atoms with Crippen molar-refractivity contribution in [3.63, 3.8) is 0 Å². The highest BCUT2D eigenvalue weighted by Crippen LogP contribution is 2.19. The minimum absolute atomic E-state index is 0.0408. The number of β-amino-alcohol motifs (C(OH)–C–C–N with tert-alkyl or cyclic N) is 1. The molecule has 0 aromatic heterocycles. The fourth-order valence-corrected chi connectivity index (χ4v) is 4.13. The summed E-state index contributed by atoms with van der Waals surface area (Å²) in [5.41, 5.74) is 5.72. The molecule has 1 aliphatic heterocycles. The molecule has 2 aromatic carbocycles. The van der Waals surface area contributed by atoms with Crippen molar-refractivity contribution in [2.75, 3.05) is 44.6 Å². The summed E-state index contributed by atoms with van der Waals surface area (Å²) in [7, 11) is 0. The highest BCUT2D eigenvalue weighted by molar-refractivity contribution is 5.93. The second-order valence-corrected chi connectivity index (χ2v) is 8.51. The Bertz CT molecular complexity index is 824. The molecule has 1 atom stereocenters. The summed E-state index contributed by atoms with van der Waals surface area (Å²) in [4.78, 5) is 17.0. The van der Waals surface area contributed by atoms with Crippen LogP contribution < -0.4 is 5.32 Å². The zero-order valence-electron chi connectivity index (χ0n) is 18.5. The summed E-state index contributed by atoms with van der Waals surface area (Å²) in [5.74, 6) is 0.0408. The second-order valence-electron chi connectivity index (χ2n) is 8.51. The van der Waals surface area contributed by atoms with Gasteiger partial charge in [0.1, 0.15) is 0 Å². The molecular formula is C25H35N3O2. The number of para-hydroxylation sites is 1. The van der Waals surface area contributed by atoms with Crippen LogP contribution in [0.5, 0.6) is 0 Å². The van der Waals surface area contributed by atoms with E-state index in [4.69, 9.17) is 0 Å². The molecule has 0 radical (unpaired) electrons. The molecule has 1 fully saturated rings. The van der Waals surface area contributed by atoms with Gasteiger partial charge in [0.25, 0.3) is 0 Å². The molecule has 5 nitrogen and oxygen atoms in total. The molecule has 2 aromatic rings. The van der Waals surface area contributed by atoms with Crippen LogP contribution >= 0.6 is 0 Å². The number of nitrogens with zero attached hydrogens (tertiary/aromatic N) is 2. The van der Waals surface area contributed by atoms with E-state index >= 15 is 0 Å². The monoisotopic (exact) mass is 409 g/mol. The molecule has 0 aliphatic carbocycles. The maximum absolute atomic E-state index is 12.5. The third-order valence-electron chi connectivity index (χ3n) is 6.05. The number of aryl methyl sites for hydroxylation is 4. The molecule has 162 valence electrons. The number of hydrogen-bond donors (Lipinski definition) is 2. The lowest BCUT2D eigenvalue weighted by molar-refractivity contribution is -0.117. The summed E-state index contributed by atoms with van der Waals surface area (Å²) in [6, 6.07) is 14.4. The average Bonchev–Trinajstić information content (AvgIpc) is 2.72. The SMILES string of the molecule is Cc1ccccc1CCC(O)CN1CCN(CC(=O)Nc2c(C)cccc2C)CC1. The van der Waals surface area contributed by atoms with Gasteiger partial charge < -0.3 is 10.4 Å². The summed E-state index contributed by atoms with van der Waals surface area (Å²) in [6.07, 6.45) is 1.37. The molecule has 3 rings (SSSR count). The van der Waals surface area contributed by atoms with Crippen LogP contribution in [-0.2, 0) is 11.2 Å². The van der Waals surface area contributed by atoms with Gasteiger partial charge in [0.15, 0.2) is 0 Å². The third-order valence-corrected chi connectivity index (χ3v) is 6.05. The average molecular weight is 410 g/mol. The van der Waals surface area contributed by atoms with Gasteiger partial charge in [0.2, 0.25) is 5.91 Å². The van der Waals surface area contributed by atoms with Gasteiger partial charge in [-0.2, -0.15) is 0 Å². The maximum Gasteiger partial charge on any atom is 0.238 e. The molecule has 0 bridgehead atoms. The zero-order chi connectivity index (χ0) is 21.5. The lowest BCUT2D eigenvalue weighted by atomic mass is 10.0. The topological polar surface area (TPSA) is 55.8 Å². The number of hydrogen-bond acceptors (Lipinski definition) is 4.